The number of carbonyl (C=O) groups excluding carboxylic acids is 1. The van der Waals surface area contributed by atoms with E-state index in [1.54, 1.807) is 24.3 Å². The minimum absolute atomic E-state index is 0. The van der Waals surface area contributed by atoms with Crippen LogP contribution in [0.4, 0.5) is 0 Å². The van der Waals surface area contributed by atoms with Gasteiger partial charge in [-0.25, -0.2) is 0 Å². The summed E-state index contributed by atoms with van der Waals surface area (Å²) in [6.45, 7) is 3.46. The van der Waals surface area contributed by atoms with Crippen LogP contribution < -0.4 is 0 Å². The van der Waals surface area contributed by atoms with Gasteiger partial charge in [-0.2, -0.15) is 8.42 Å². The van der Waals surface area contributed by atoms with Crippen molar-refractivity contribution in [1.82, 2.24) is 0 Å². The molecule has 0 spiro atoms. The summed E-state index contributed by atoms with van der Waals surface area (Å²) in [4.78, 5) is 10.9. The Bertz CT molecular complexity index is 804. The smallest absolute Gasteiger partial charge is 0.296 e. The molecular weight excluding hydrogens is 416 g/mol. The molecule has 6 nitrogen and oxygen atoms in total. The molecule has 4 heterocycles. The number of ether oxygens (including phenoxy) is 2. The van der Waals surface area contributed by atoms with Crippen molar-refractivity contribution in [2.24, 2.45) is 10.8 Å². The molecule has 31 heavy (non-hydrogen) atoms. The second kappa shape index (κ2) is 9.69. The van der Waals surface area contributed by atoms with E-state index in [0.717, 1.165) is 63.2 Å². The van der Waals surface area contributed by atoms with Crippen LogP contribution in [0, 0.1) is 17.8 Å². The second-order valence-corrected chi connectivity index (χ2v) is 11.1. The van der Waals surface area contributed by atoms with Crippen molar-refractivity contribution in [3.05, 3.63) is 29.8 Å². The number of benzene rings is 1. The summed E-state index contributed by atoms with van der Waals surface area (Å²) < 4.78 is 40.8. The highest BCUT2D eigenvalue weighted by Crippen LogP contribution is 2.44. The van der Waals surface area contributed by atoms with Crippen LogP contribution in [0.15, 0.2) is 29.2 Å². The molecule has 7 rings (SSSR count). The first-order valence-electron chi connectivity index (χ1n) is 11.0. The van der Waals surface area contributed by atoms with Gasteiger partial charge in [0.25, 0.3) is 10.1 Å². The minimum Gasteiger partial charge on any atom is -0.378 e. The Kier molecular flexibility index (Phi) is 7.62. The zero-order valence-corrected chi connectivity index (χ0v) is 18.5. The first-order chi connectivity index (χ1) is 14.3. The zero-order valence-electron chi connectivity index (χ0n) is 17.7. The SMILES string of the molecule is C.Cc1ccc(S(=O)(=O)OCC23CCC(CC2)OC3)cc1.O=CC12CCC(CC1)OC2. The standard InChI is InChI=1S/C15H20O4S.C8H12O2.CH4/c1-12-2-4-14(5-3-12)20(16,17)19-11-15-8-6-13(7-9-15)18-10-15;9-5-8-3-1-7(2-4-8)10-6-8;/h2-5,13H,6-11H2,1H3;5,7H,1-4,6H2;1H4. The highest BCUT2D eigenvalue weighted by Gasteiger charge is 2.43. The molecule has 4 saturated heterocycles. The molecule has 174 valence electrons. The zero-order chi connectivity index (χ0) is 21.2. The third-order valence-corrected chi connectivity index (χ3v) is 8.51. The van der Waals surface area contributed by atoms with E-state index in [1.807, 2.05) is 6.92 Å². The van der Waals surface area contributed by atoms with Gasteiger partial charge < -0.3 is 14.3 Å². The van der Waals surface area contributed by atoms with E-state index in [1.165, 1.54) is 0 Å². The monoisotopic (exact) mass is 452 g/mol. The number of aryl methyl sites for hydroxylation is 1. The Morgan fingerprint density at radius 3 is 1.94 bits per heavy atom. The maximum atomic E-state index is 12.2. The maximum Gasteiger partial charge on any atom is 0.296 e. The van der Waals surface area contributed by atoms with E-state index < -0.39 is 10.1 Å². The molecule has 7 heteroatoms. The summed E-state index contributed by atoms with van der Waals surface area (Å²) in [6, 6.07) is 6.75. The molecule has 0 atom stereocenters. The van der Waals surface area contributed by atoms with E-state index >= 15 is 0 Å². The van der Waals surface area contributed by atoms with Gasteiger partial charge in [0.2, 0.25) is 0 Å². The lowest BCUT2D eigenvalue weighted by Crippen LogP contribution is -2.45. The van der Waals surface area contributed by atoms with Crippen LogP contribution >= 0.6 is 0 Å². The molecule has 0 unspecified atom stereocenters. The maximum absolute atomic E-state index is 12.2. The molecule has 2 aliphatic carbocycles. The number of fused-ring (bicyclic) bond motifs is 6. The van der Waals surface area contributed by atoms with Crippen molar-refractivity contribution in [1.29, 1.82) is 0 Å². The quantitative estimate of drug-likeness (QED) is 0.485. The van der Waals surface area contributed by atoms with Crippen LogP contribution in [0.3, 0.4) is 0 Å². The van der Waals surface area contributed by atoms with E-state index in [-0.39, 0.29) is 29.8 Å². The van der Waals surface area contributed by atoms with E-state index in [4.69, 9.17) is 13.7 Å². The summed E-state index contributed by atoms with van der Waals surface area (Å²) in [5.41, 5.74) is 0.850. The Hall–Kier alpha value is -1.28. The topological polar surface area (TPSA) is 78.9 Å². The summed E-state index contributed by atoms with van der Waals surface area (Å²) in [6.07, 6.45) is 10.3. The Balaban J connectivity index is 0.000000208. The Morgan fingerprint density at radius 1 is 0.968 bits per heavy atom. The van der Waals surface area contributed by atoms with Gasteiger partial charge >= 0.3 is 0 Å². The van der Waals surface area contributed by atoms with Crippen molar-refractivity contribution in [2.75, 3.05) is 19.8 Å². The summed E-state index contributed by atoms with van der Waals surface area (Å²) in [7, 11) is -3.66. The van der Waals surface area contributed by atoms with Crippen molar-refractivity contribution >= 4 is 16.4 Å². The molecule has 1 aromatic rings. The first kappa shape index (κ1) is 24.4. The van der Waals surface area contributed by atoms with E-state index in [0.29, 0.717) is 25.4 Å². The summed E-state index contributed by atoms with van der Waals surface area (Å²) >= 11 is 0. The van der Waals surface area contributed by atoms with Crippen LogP contribution in [0.2, 0.25) is 0 Å². The van der Waals surface area contributed by atoms with E-state index in [9.17, 15) is 13.2 Å². The molecule has 4 bridgehead atoms. The van der Waals surface area contributed by atoms with Crippen LogP contribution in [-0.2, 0) is 28.6 Å². The number of rotatable bonds is 5. The number of hydrogen-bond donors (Lipinski definition) is 0. The van der Waals surface area contributed by atoms with Crippen molar-refractivity contribution in [3.63, 3.8) is 0 Å². The first-order valence-corrected chi connectivity index (χ1v) is 12.4. The van der Waals surface area contributed by atoms with Gasteiger partial charge in [0, 0.05) is 10.8 Å². The second-order valence-electron chi connectivity index (χ2n) is 9.53. The van der Waals surface area contributed by atoms with Crippen LogP contribution in [-0.4, -0.2) is 46.7 Å². The summed E-state index contributed by atoms with van der Waals surface area (Å²) in [5.74, 6) is 0. The highest BCUT2D eigenvalue weighted by atomic mass is 32.2. The van der Waals surface area contributed by atoms with Crippen molar-refractivity contribution < 1.29 is 26.9 Å². The fourth-order valence-electron chi connectivity index (χ4n) is 4.88. The lowest BCUT2D eigenvalue weighted by Gasteiger charge is -2.45. The minimum atomic E-state index is -3.66. The normalized spacial score (nSPS) is 33.7. The fourth-order valence-corrected chi connectivity index (χ4v) is 5.89. The van der Waals surface area contributed by atoms with Gasteiger partial charge in [0.05, 0.1) is 36.9 Å². The average Bonchev–Trinajstić information content (AvgIpc) is 2.81. The molecule has 0 N–H and O–H groups in total. The molecule has 0 amide bonds. The van der Waals surface area contributed by atoms with Crippen LogP contribution in [0.25, 0.3) is 0 Å². The van der Waals surface area contributed by atoms with Gasteiger partial charge in [-0.3, -0.25) is 4.18 Å². The van der Waals surface area contributed by atoms with E-state index in [2.05, 4.69) is 0 Å². The average molecular weight is 453 g/mol. The van der Waals surface area contributed by atoms with Crippen molar-refractivity contribution in [2.45, 2.75) is 82.8 Å². The van der Waals surface area contributed by atoms with Gasteiger partial charge in [-0.05, 0) is 70.4 Å². The Morgan fingerprint density at radius 2 is 1.52 bits per heavy atom. The third-order valence-electron chi connectivity index (χ3n) is 7.23. The number of hydrogen-bond acceptors (Lipinski definition) is 6. The molecule has 0 radical (unpaired) electrons. The predicted molar refractivity (Wildman–Crippen MR) is 118 cm³/mol. The molecule has 6 aliphatic rings. The lowest BCUT2D eigenvalue weighted by molar-refractivity contribution is -0.142. The molecule has 6 fully saturated rings. The van der Waals surface area contributed by atoms with Crippen LogP contribution in [0.1, 0.15) is 64.4 Å². The molecule has 4 aliphatic heterocycles. The fraction of sp³-hybridized carbons (Fsp3) is 0.708. The molecule has 1 aromatic carbocycles. The highest BCUT2D eigenvalue weighted by molar-refractivity contribution is 7.86. The van der Waals surface area contributed by atoms with Crippen LogP contribution in [0.5, 0.6) is 0 Å². The predicted octanol–water partition coefficient (Wildman–Crippen LogP) is 4.44. The lowest BCUT2D eigenvalue weighted by atomic mass is 9.72. The van der Waals surface area contributed by atoms with Gasteiger partial charge in [-0.15, -0.1) is 0 Å². The number of aldehydes is 1. The van der Waals surface area contributed by atoms with Gasteiger partial charge in [0.15, 0.2) is 0 Å². The van der Waals surface area contributed by atoms with Gasteiger partial charge in [-0.1, -0.05) is 25.1 Å². The largest absolute Gasteiger partial charge is 0.378 e. The summed E-state index contributed by atoms with van der Waals surface area (Å²) in [5, 5.41) is 0. The number of carbonyl (C=O) groups is 1. The molecular formula is C24H36O6S. The third kappa shape index (κ3) is 5.56. The van der Waals surface area contributed by atoms with Crippen molar-refractivity contribution in [3.8, 4) is 0 Å². The van der Waals surface area contributed by atoms with Gasteiger partial charge in [0.1, 0.15) is 6.29 Å². The Labute approximate surface area is 186 Å². The molecule has 0 aromatic heterocycles. The molecule has 2 saturated carbocycles.